The summed E-state index contributed by atoms with van der Waals surface area (Å²) in [6.45, 7) is 0. The van der Waals surface area contributed by atoms with Crippen LogP contribution < -0.4 is 34.7 Å². The molecule has 3 nitrogen and oxygen atoms in total. The third-order valence-electron chi connectivity index (χ3n) is 2.08. The van der Waals surface area contributed by atoms with Gasteiger partial charge in [-0.3, -0.25) is 0 Å². The molecular weight excluding hydrogens is 289 g/mol. The molecule has 6 heteroatoms. The topological polar surface area (TPSA) is 60.4 Å². The number of allylic oxidation sites excluding steroid dienone is 3. The summed E-state index contributed by atoms with van der Waals surface area (Å²) in [4.78, 5) is 10.1. The summed E-state index contributed by atoms with van der Waals surface area (Å²) in [6, 6.07) is 0. The number of hydrogen-bond acceptors (Lipinski definition) is 3. The van der Waals surface area contributed by atoms with Crippen LogP contribution >= 0.6 is 0 Å². The maximum absolute atomic E-state index is 13.1. The smallest absolute Gasteiger partial charge is 0.550 e. The van der Waals surface area contributed by atoms with Crippen molar-refractivity contribution < 1.29 is 53.3 Å². The van der Waals surface area contributed by atoms with E-state index < -0.39 is 30.8 Å². The van der Waals surface area contributed by atoms with E-state index in [4.69, 9.17) is 6.42 Å². The predicted molar refractivity (Wildman–Crippen MR) is 69.3 cm³/mol. The van der Waals surface area contributed by atoms with E-state index in [-0.39, 0.29) is 42.4 Å². The Morgan fingerprint density at radius 3 is 2.67 bits per heavy atom. The van der Waals surface area contributed by atoms with Gasteiger partial charge in [0.25, 0.3) is 0 Å². The van der Waals surface area contributed by atoms with Crippen LogP contribution in [0, 0.1) is 24.2 Å². The van der Waals surface area contributed by atoms with Gasteiger partial charge in [-0.2, -0.15) is 8.78 Å². The molecule has 0 bridgehead atoms. The summed E-state index contributed by atoms with van der Waals surface area (Å²) in [5.41, 5.74) is 0. The number of hydrogen-bond donors (Lipinski definition) is 1. The first-order valence-electron chi connectivity index (χ1n) is 5.92. The van der Waals surface area contributed by atoms with E-state index in [1.54, 1.807) is 5.92 Å². The van der Waals surface area contributed by atoms with Crippen molar-refractivity contribution in [2.24, 2.45) is 0 Å². The van der Waals surface area contributed by atoms with Crippen LogP contribution in [-0.2, 0) is 4.79 Å². The Labute approximate surface area is 145 Å². The zero-order valence-corrected chi connectivity index (χ0v) is 13.8. The van der Waals surface area contributed by atoms with Crippen molar-refractivity contribution in [1.29, 1.82) is 0 Å². The van der Waals surface area contributed by atoms with Gasteiger partial charge in [-0.05, 0) is 24.8 Å². The van der Waals surface area contributed by atoms with Crippen molar-refractivity contribution in [1.82, 2.24) is 0 Å². The Balaban J connectivity index is 0. The molecule has 0 aliphatic heterocycles. The summed E-state index contributed by atoms with van der Waals surface area (Å²) in [7, 11) is 0. The minimum Gasteiger partial charge on any atom is -0.550 e. The SMILES string of the molecule is C#CC[C@@H](O)/C=C/C=C/C#CC(F)(F)CCCC(=O)[O-].[Na+]. The fourth-order valence-corrected chi connectivity index (χ4v) is 1.15. The number of alkyl halides is 2. The molecular formula is C15H15F2NaO3. The molecule has 21 heavy (non-hydrogen) atoms. The average Bonchev–Trinajstić information content (AvgIpc) is 2.33. The molecule has 0 aliphatic rings. The van der Waals surface area contributed by atoms with Gasteiger partial charge in [0.15, 0.2) is 0 Å². The standard InChI is InChI=1S/C15H16F2O3.Na/c1-2-8-13(18)9-5-3-4-6-11-15(16,17)12-7-10-14(19)20;/h1,3-5,9,13,18H,7-8,10,12H2,(H,19,20);/q;+1/p-1/b4-3+,9-5+;/t13-;/m1./s1. The van der Waals surface area contributed by atoms with Gasteiger partial charge in [-0.1, -0.05) is 24.1 Å². The molecule has 0 amide bonds. The predicted octanol–water partition coefficient (Wildman–Crippen LogP) is -1.95. The Kier molecular flexibility index (Phi) is 13.3. The number of terminal acetylenes is 1. The van der Waals surface area contributed by atoms with Crippen molar-refractivity contribution >= 4 is 5.97 Å². The molecule has 0 saturated heterocycles. The summed E-state index contributed by atoms with van der Waals surface area (Å²) in [5.74, 6) is 1.57. The van der Waals surface area contributed by atoms with Crippen LogP contribution in [0.25, 0.3) is 0 Å². The maximum Gasteiger partial charge on any atom is 1.00 e. The fraction of sp³-hybridized carbons (Fsp3) is 0.400. The second-order valence-electron chi connectivity index (χ2n) is 3.92. The molecule has 1 N–H and O–H groups in total. The van der Waals surface area contributed by atoms with Crippen LogP contribution in [0.15, 0.2) is 24.3 Å². The number of aliphatic carboxylic acids is 1. The van der Waals surface area contributed by atoms with Crippen LogP contribution in [0.5, 0.6) is 0 Å². The molecule has 0 aromatic carbocycles. The van der Waals surface area contributed by atoms with Gasteiger partial charge in [0, 0.05) is 18.8 Å². The molecule has 0 aromatic heterocycles. The number of aliphatic hydroxyl groups excluding tert-OH is 1. The number of carboxylic acid groups (broad SMARTS) is 1. The number of carbonyl (C=O) groups is 1. The van der Waals surface area contributed by atoms with Crippen LogP contribution in [-0.4, -0.2) is 23.1 Å². The number of rotatable bonds is 7. The van der Waals surface area contributed by atoms with Gasteiger partial charge in [0.05, 0.1) is 6.10 Å². The molecule has 0 heterocycles. The van der Waals surface area contributed by atoms with E-state index in [9.17, 15) is 23.8 Å². The van der Waals surface area contributed by atoms with Gasteiger partial charge < -0.3 is 15.0 Å². The summed E-state index contributed by atoms with van der Waals surface area (Å²) >= 11 is 0. The quantitative estimate of drug-likeness (QED) is 0.338. The van der Waals surface area contributed by atoms with Gasteiger partial charge in [-0.25, -0.2) is 0 Å². The Morgan fingerprint density at radius 1 is 1.43 bits per heavy atom. The normalized spacial score (nSPS) is 12.3. The first kappa shape index (κ1) is 22.2. The van der Waals surface area contributed by atoms with Crippen molar-refractivity contribution in [3.8, 4) is 24.2 Å². The van der Waals surface area contributed by atoms with E-state index in [1.807, 2.05) is 0 Å². The van der Waals surface area contributed by atoms with E-state index in [2.05, 4.69) is 11.8 Å². The first-order chi connectivity index (χ1) is 9.37. The monoisotopic (exact) mass is 304 g/mol. The minimum atomic E-state index is -3.23. The second-order valence-corrected chi connectivity index (χ2v) is 3.92. The third kappa shape index (κ3) is 15.1. The van der Waals surface area contributed by atoms with Crippen LogP contribution in [0.2, 0.25) is 0 Å². The minimum absolute atomic E-state index is 0. The maximum atomic E-state index is 13.1. The van der Waals surface area contributed by atoms with E-state index in [0.29, 0.717) is 0 Å². The molecule has 0 rings (SSSR count). The molecule has 0 radical (unpaired) electrons. The Bertz CT molecular complexity index is 468. The third-order valence-corrected chi connectivity index (χ3v) is 2.08. The Morgan fingerprint density at radius 2 is 2.10 bits per heavy atom. The molecule has 0 spiro atoms. The summed E-state index contributed by atoms with van der Waals surface area (Å²) in [5, 5.41) is 19.3. The van der Waals surface area contributed by atoms with Crippen molar-refractivity contribution in [3.63, 3.8) is 0 Å². The molecule has 0 aromatic rings. The molecule has 1 atom stereocenters. The van der Waals surface area contributed by atoms with Gasteiger partial charge >= 0.3 is 35.5 Å². The molecule has 0 fully saturated rings. The zero-order valence-electron chi connectivity index (χ0n) is 11.8. The fourth-order valence-electron chi connectivity index (χ4n) is 1.15. The van der Waals surface area contributed by atoms with Crippen LogP contribution in [0.4, 0.5) is 8.78 Å². The Hall–Kier alpha value is -1.11. The van der Waals surface area contributed by atoms with Crippen LogP contribution in [0.3, 0.4) is 0 Å². The van der Waals surface area contributed by atoms with E-state index in [1.165, 1.54) is 24.3 Å². The molecule has 0 unspecified atom stereocenters. The zero-order chi connectivity index (χ0) is 15.4. The average molecular weight is 304 g/mol. The van der Waals surface area contributed by atoms with E-state index in [0.717, 1.165) is 0 Å². The van der Waals surface area contributed by atoms with Crippen molar-refractivity contribution in [3.05, 3.63) is 24.3 Å². The number of aliphatic hydroxyl groups is 1. The first-order valence-corrected chi connectivity index (χ1v) is 5.92. The van der Waals surface area contributed by atoms with Crippen LogP contribution in [0.1, 0.15) is 25.7 Å². The second kappa shape index (κ2) is 12.6. The number of carboxylic acids is 1. The van der Waals surface area contributed by atoms with Crippen molar-refractivity contribution in [2.75, 3.05) is 0 Å². The molecule has 108 valence electrons. The molecule has 0 saturated carbocycles. The van der Waals surface area contributed by atoms with Crippen molar-refractivity contribution in [2.45, 2.75) is 37.7 Å². The van der Waals surface area contributed by atoms with E-state index >= 15 is 0 Å². The summed E-state index contributed by atoms with van der Waals surface area (Å²) in [6.07, 6.45) is 8.60. The molecule has 0 aliphatic carbocycles. The number of halogens is 2. The van der Waals surface area contributed by atoms with Gasteiger partial charge in [-0.15, -0.1) is 12.3 Å². The van der Waals surface area contributed by atoms with Gasteiger partial charge in [0.1, 0.15) is 0 Å². The van der Waals surface area contributed by atoms with Gasteiger partial charge in [0.2, 0.25) is 0 Å². The largest absolute Gasteiger partial charge is 1.00 e. The number of carbonyl (C=O) groups excluding carboxylic acids is 1. The summed E-state index contributed by atoms with van der Waals surface area (Å²) < 4.78 is 26.2.